The lowest BCUT2D eigenvalue weighted by atomic mass is 10.2. The van der Waals surface area contributed by atoms with E-state index in [9.17, 15) is 4.79 Å². The Morgan fingerprint density at radius 2 is 1.90 bits per heavy atom. The summed E-state index contributed by atoms with van der Waals surface area (Å²) in [5, 5.41) is 3.95. The highest BCUT2D eigenvalue weighted by molar-refractivity contribution is 5.94. The number of fused-ring (bicyclic) bond motifs is 1. The van der Waals surface area contributed by atoms with Crippen molar-refractivity contribution in [3.05, 3.63) is 66.1 Å². The predicted molar refractivity (Wildman–Crippen MR) is 108 cm³/mol. The van der Waals surface area contributed by atoms with Crippen molar-refractivity contribution in [3.63, 3.8) is 0 Å². The molecule has 2 heterocycles. The van der Waals surface area contributed by atoms with Crippen molar-refractivity contribution in [2.75, 3.05) is 18.2 Å². The van der Waals surface area contributed by atoms with Crippen LogP contribution in [0, 0.1) is 0 Å². The van der Waals surface area contributed by atoms with E-state index < -0.39 is 5.97 Å². The standard InChI is InChI=1S/C20H18N6O3/c1-28-16-9-5-4-8-14(16)23-20-25-17(24-19(21)26-20)11-29-18(27)15-10-12-6-2-3-7-13(12)22-15/h2-10,22H,11H2,1H3,(H3,21,23,24,25,26). The predicted octanol–water partition coefficient (Wildman–Crippen LogP) is 3.04. The first kappa shape index (κ1) is 18.2. The lowest BCUT2D eigenvalue weighted by Gasteiger charge is -2.10. The van der Waals surface area contributed by atoms with Crippen molar-refractivity contribution >= 4 is 34.5 Å². The number of carbonyl (C=O) groups is 1. The number of anilines is 3. The van der Waals surface area contributed by atoms with Gasteiger partial charge >= 0.3 is 5.97 Å². The summed E-state index contributed by atoms with van der Waals surface area (Å²) in [7, 11) is 1.57. The second kappa shape index (κ2) is 7.85. The monoisotopic (exact) mass is 390 g/mol. The van der Waals surface area contributed by atoms with Crippen LogP contribution in [0.1, 0.15) is 16.3 Å². The molecule has 146 valence electrons. The molecule has 9 nitrogen and oxygen atoms in total. The van der Waals surface area contributed by atoms with Gasteiger partial charge in [-0.3, -0.25) is 0 Å². The third kappa shape index (κ3) is 4.08. The second-order valence-electron chi connectivity index (χ2n) is 6.11. The number of hydrogen-bond donors (Lipinski definition) is 3. The van der Waals surface area contributed by atoms with Crippen LogP contribution in [0.4, 0.5) is 17.6 Å². The number of nitrogen functional groups attached to an aromatic ring is 1. The number of aromatic nitrogens is 4. The van der Waals surface area contributed by atoms with Gasteiger partial charge in [0, 0.05) is 10.9 Å². The molecule has 0 radical (unpaired) electrons. The van der Waals surface area contributed by atoms with E-state index in [1.807, 2.05) is 42.5 Å². The summed E-state index contributed by atoms with van der Waals surface area (Å²) in [6.45, 7) is -0.151. The summed E-state index contributed by atoms with van der Waals surface area (Å²) >= 11 is 0. The first-order valence-corrected chi connectivity index (χ1v) is 8.78. The molecule has 0 atom stereocenters. The van der Waals surface area contributed by atoms with Crippen LogP contribution in [0.25, 0.3) is 10.9 Å². The number of carbonyl (C=O) groups excluding carboxylic acids is 1. The molecule has 0 aliphatic heterocycles. The normalized spacial score (nSPS) is 10.7. The van der Waals surface area contributed by atoms with Crippen LogP contribution in [-0.2, 0) is 11.3 Å². The SMILES string of the molecule is COc1ccccc1Nc1nc(N)nc(COC(=O)c2cc3ccccc3[nH]2)n1. The molecule has 0 aliphatic rings. The molecule has 0 bridgehead atoms. The van der Waals surface area contributed by atoms with Crippen LogP contribution < -0.4 is 15.8 Å². The molecule has 0 fully saturated rings. The number of methoxy groups -OCH3 is 1. The molecule has 0 aliphatic carbocycles. The number of ether oxygens (including phenoxy) is 2. The zero-order valence-corrected chi connectivity index (χ0v) is 15.5. The number of nitrogens with two attached hydrogens (primary N) is 1. The topological polar surface area (TPSA) is 128 Å². The fourth-order valence-electron chi connectivity index (χ4n) is 2.82. The average molecular weight is 390 g/mol. The van der Waals surface area contributed by atoms with E-state index in [1.54, 1.807) is 19.2 Å². The molecule has 4 aromatic rings. The van der Waals surface area contributed by atoms with Crippen molar-refractivity contribution < 1.29 is 14.3 Å². The Balaban J connectivity index is 1.48. The maximum Gasteiger partial charge on any atom is 0.355 e. The van der Waals surface area contributed by atoms with Gasteiger partial charge < -0.3 is 25.5 Å². The van der Waals surface area contributed by atoms with Gasteiger partial charge in [-0.05, 0) is 24.3 Å². The highest BCUT2D eigenvalue weighted by Crippen LogP contribution is 2.25. The lowest BCUT2D eigenvalue weighted by molar-refractivity contribution is 0.0456. The number of para-hydroxylation sites is 3. The van der Waals surface area contributed by atoms with Gasteiger partial charge in [-0.2, -0.15) is 15.0 Å². The van der Waals surface area contributed by atoms with Crippen molar-refractivity contribution in [2.24, 2.45) is 0 Å². The first-order chi connectivity index (χ1) is 14.1. The molecule has 2 aromatic heterocycles. The number of esters is 1. The van der Waals surface area contributed by atoms with E-state index in [2.05, 4.69) is 25.3 Å². The Morgan fingerprint density at radius 3 is 2.72 bits per heavy atom. The van der Waals surface area contributed by atoms with Gasteiger partial charge in [0.15, 0.2) is 12.4 Å². The minimum Gasteiger partial charge on any atom is -0.495 e. The summed E-state index contributed by atoms with van der Waals surface area (Å²) in [5.41, 5.74) is 7.64. The van der Waals surface area contributed by atoms with Crippen LogP contribution in [0.2, 0.25) is 0 Å². The van der Waals surface area contributed by atoms with Crippen LogP contribution >= 0.6 is 0 Å². The molecule has 4 rings (SSSR count). The quantitative estimate of drug-likeness (QED) is 0.429. The molecule has 2 aromatic carbocycles. The maximum absolute atomic E-state index is 12.3. The zero-order valence-electron chi connectivity index (χ0n) is 15.5. The number of nitrogens with zero attached hydrogens (tertiary/aromatic N) is 3. The van der Waals surface area contributed by atoms with Crippen LogP contribution in [0.15, 0.2) is 54.6 Å². The number of H-pyrrole nitrogens is 1. The van der Waals surface area contributed by atoms with Crippen LogP contribution in [-0.4, -0.2) is 33.0 Å². The Bertz CT molecular complexity index is 1140. The molecule has 0 spiro atoms. The van der Waals surface area contributed by atoms with Crippen molar-refractivity contribution in [2.45, 2.75) is 6.61 Å². The van der Waals surface area contributed by atoms with Gasteiger partial charge in [0.1, 0.15) is 11.4 Å². The minimum atomic E-state index is -0.514. The van der Waals surface area contributed by atoms with E-state index in [4.69, 9.17) is 15.2 Å². The molecule has 4 N–H and O–H groups in total. The average Bonchev–Trinajstić information content (AvgIpc) is 3.16. The summed E-state index contributed by atoms with van der Waals surface area (Å²) in [5.74, 6) is 0.560. The fourth-order valence-corrected chi connectivity index (χ4v) is 2.82. The van der Waals surface area contributed by atoms with Crippen molar-refractivity contribution in [3.8, 4) is 5.75 Å². The van der Waals surface area contributed by atoms with Crippen molar-refractivity contribution in [1.82, 2.24) is 19.9 Å². The molecule has 0 saturated carbocycles. The Labute approximate surface area is 165 Å². The molecule has 29 heavy (non-hydrogen) atoms. The van der Waals surface area contributed by atoms with Gasteiger partial charge in [-0.1, -0.05) is 30.3 Å². The highest BCUT2D eigenvalue weighted by atomic mass is 16.5. The third-order valence-corrected chi connectivity index (χ3v) is 4.13. The largest absolute Gasteiger partial charge is 0.495 e. The summed E-state index contributed by atoms with van der Waals surface area (Å²) in [4.78, 5) is 27.7. The number of rotatable bonds is 6. The van der Waals surface area contributed by atoms with Gasteiger partial charge in [0.25, 0.3) is 0 Å². The Hall–Kier alpha value is -4.14. The van der Waals surface area contributed by atoms with Gasteiger partial charge in [-0.25, -0.2) is 4.79 Å². The third-order valence-electron chi connectivity index (χ3n) is 4.13. The van der Waals surface area contributed by atoms with Gasteiger partial charge in [-0.15, -0.1) is 0 Å². The van der Waals surface area contributed by atoms with E-state index in [-0.39, 0.29) is 24.3 Å². The molecular weight excluding hydrogens is 372 g/mol. The molecule has 0 saturated heterocycles. The second-order valence-corrected chi connectivity index (χ2v) is 6.11. The van der Waals surface area contributed by atoms with E-state index in [1.165, 1.54) is 0 Å². The minimum absolute atomic E-state index is 0.00839. The molecule has 0 unspecified atom stereocenters. The van der Waals surface area contributed by atoms with E-state index in [0.29, 0.717) is 17.1 Å². The molecule has 0 amide bonds. The zero-order chi connectivity index (χ0) is 20.2. The smallest absolute Gasteiger partial charge is 0.355 e. The van der Waals surface area contributed by atoms with Crippen LogP contribution in [0.3, 0.4) is 0 Å². The number of aromatic amines is 1. The van der Waals surface area contributed by atoms with E-state index >= 15 is 0 Å². The first-order valence-electron chi connectivity index (χ1n) is 8.78. The number of hydrogen-bond acceptors (Lipinski definition) is 8. The molecular formula is C20H18N6O3. The Kier molecular flexibility index (Phi) is 4.93. The maximum atomic E-state index is 12.3. The van der Waals surface area contributed by atoms with Gasteiger partial charge in [0.2, 0.25) is 11.9 Å². The van der Waals surface area contributed by atoms with E-state index in [0.717, 1.165) is 10.9 Å². The van der Waals surface area contributed by atoms with Gasteiger partial charge in [0.05, 0.1) is 12.8 Å². The summed E-state index contributed by atoms with van der Waals surface area (Å²) in [6, 6.07) is 16.6. The summed E-state index contributed by atoms with van der Waals surface area (Å²) < 4.78 is 10.6. The van der Waals surface area contributed by atoms with Crippen LogP contribution in [0.5, 0.6) is 5.75 Å². The molecule has 9 heteroatoms. The highest BCUT2D eigenvalue weighted by Gasteiger charge is 2.13. The lowest BCUT2D eigenvalue weighted by Crippen LogP contribution is -2.11. The number of nitrogens with one attached hydrogen (secondary N) is 2. The fraction of sp³-hybridized carbons (Fsp3) is 0.100. The Morgan fingerprint density at radius 1 is 1.10 bits per heavy atom. The number of benzene rings is 2. The summed E-state index contributed by atoms with van der Waals surface area (Å²) in [6.07, 6.45) is 0. The van der Waals surface area contributed by atoms with Crippen molar-refractivity contribution in [1.29, 1.82) is 0 Å².